The molecule has 66 valence electrons. The van der Waals surface area contributed by atoms with Gasteiger partial charge in [0.25, 0.3) is 0 Å². The highest BCUT2D eigenvalue weighted by Gasteiger charge is 2.12. The fourth-order valence-corrected chi connectivity index (χ4v) is 1.18. The topological polar surface area (TPSA) is 23.5 Å². The van der Waals surface area contributed by atoms with Gasteiger partial charge in [0.1, 0.15) is 0 Å². The summed E-state index contributed by atoms with van der Waals surface area (Å²) in [4.78, 5) is 2.20. The van der Waals surface area contributed by atoms with Gasteiger partial charge in [-0.15, -0.1) is 6.58 Å². The normalized spacial score (nSPS) is 14.0. The molecule has 0 radical (unpaired) electrons. The number of nitrogens with zero attached hydrogens (tertiary/aromatic N) is 1. The second-order valence-corrected chi connectivity index (χ2v) is 3.03. The highest BCUT2D eigenvalue weighted by Crippen LogP contribution is 2.04. The zero-order valence-electron chi connectivity index (χ0n) is 7.75. The van der Waals surface area contributed by atoms with E-state index in [4.69, 9.17) is 5.11 Å². The van der Waals surface area contributed by atoms with E-state index in [9.17, 15) is 0 Å². The van der Waals surface area contributed by atoms with E-state index in [0.29, 0.717) is 12.1 Å². The zero-order chi connectivity index (χ0) is 8.85. The Labute approximate surface area is 69.5 Å². The molecule has 0 saturated heterocycles. The first kappa shape index (κ1) is 10.7. The van der Waals surface area contributed by atoms with Crippen LogP contribution < -0.4 is 0 Å². The Morgan fingerprint density at radius 1 is 1.45 bits per heavy atom. The van der Waals surface area contributed by atoms with Crippen molar-refractivity contribution in [2.45, 2.75) is 32.9 Å². The lowest BCUT2D eigenvalue weighted by molar-refractivity contribution is 0.146. The predicted molar refractivity (Wildman–Crippen MR) is 48.6 cm³/mol. The van der Waals surface area contributed by atoms with Gasteiger partial charge >= 0.3 is 0 Å². The summed E-state index contributed by atoms with van der Waals surface area (Å²) in [5.74, 6) is 0. The Morgan fingerprint density at radius 2 is 2.00 bits per heavy atom. The van der Waals surface area contributed by atoms with Crippen molar-refractivity contribution in [3.8, 4) is 0 Å². The Bertz CT molecular complexity index is 112. The van der Waals surface area contributed by atoms with Crippen LogP contribution in [0.5, 0.6) is 0 Å². The minimum Gasteiger partial charge on any atom is -0.395 e. The van der Waals surface area contributed by atoms with E-state index >= 15 is 0 Å². The van der Waals surface area contributed by atoms with E-state index in [1.54, 1.807) is 0 Å². The lowest BCUT2D eigenvalue weighted by atomic mass is 10.2. The average molecular weight is 157 g/mol. The zero-order valence-corrected chi connectivity index (χ0v) is 7.75. The molecular weight excluding hydrogens is 138 g/mol. The molecule has 0 aromatic rings. The maximum atomic E-state index is 8.75. The van der Waals surface area contributed by atoms with Crippen LogP contribution in [0.25, 0.3) is 0 Å². The van der Waals surface area contributed by atoms with E-state index in [2.05, 4.69) is 32.3 Å². The van der Waals surface area contributed by atoms with E-state index in [1.807, 2.05) is 6.08 Å². The molecule has 2 nitrogen and oxygen atoms in total. The lowest BCUT2D eigenvalue weighted by Crippen LogP contribution is -2.39. The van der Waals surface area contributed by atoms with Crippen LogP contribution in [0.3, 0.4) is 0 Å². The SMILES string of the molecule is C=CC(C)N(CCO)C(C)C. The first-order chi connectivity index (χ1) is 5.13. The largest absolute Gasteiger partial charge is 0.395 e. The first-order valence-corrected chi connectivity index (χ1v) is 4.12. The second-order valence-electron chi connectivity index (χ2n) is 3.03. The molecule has 11 heavy (non-hydrogen) atoms. The van der Waals surface area contributed by atoms with Gasteiger partial charge in [0.15, 0.2) is 0 Å². The highest BCUT2D eigenvalue weighted by molar-refractivity contribution is 4.85. The molecule has 0 rings (SSSR count). The summed E-state index contributed by atoms with van der Waals surface area (Å²) < 4.78 is 0. The van der Waals surface area contributed by atoms with Crippen molar-refractivity contribution in [1.29, 1.82) is 0 Å². The summed E-state index contributed by atoms with van der Waals surface area (Å²) in [5, 5.41) is 8.75. The van der Waals surface area contributed by atoms with Gasteiger partial charge in [-0.25, -0.2) is 0 Å². The minimum absolute atomic E-state index is 0.219. The van der Waals surface area contributed by atoms with Gasteiger partial charge < -0.3 is 5.11 Å². The Hall–Kier alpha value is -0.340. The summed E-state index contributed by atoms with van der Waals surface area (Å²) in [6.07, 6.45) is 1.90. The first-order valence-electron chi connectivity index (χ1n) is 4.12. The van der Waals surface area contributed by atoms with E-state index < -0.39 is 0 Å². The molecule has 2 heteroatoms. The van der Waals surface area contributed by atoms with Crippen molar-refractivity contribution in [1.82, 2.24) is 4.90 Å². The number of aliphatic hydroxyl groups excluding tert-OH is 1. The van der Waals surface area contributed by atoms with Crippen LogP contribution in [0, 0.1) is 0 Å². The van der Waals surface area contributed by atoms with Crippen LogP contribution in [0.2, 0.25) is 0 Å². The molecule has 0 amide bonds. The summed E-state index contributed by atoms with van der Waals surface area (Å²) in [6, 6.07) is 0.817. The summed E-state index contributed by atoms with van der Waals surface area (Å²) in [5.41, 5.74) is 0. The van der Waals surface area contributed by atoms with Crippen molar-refractivity contribution < 1.29 is 5.11 Å². The van der Waals surface area contributed by atoms with Gasteiger partial charge in [0.05, 0.1) is 6.61 Å². The van der Waals surface area contributed by atoms with Crippen LogP contribution in [0.1, 0.15) is 20.8 Å². The molecule has 1 unspecified atom stereocenters. The Morgan fingerprint density at radius 3 is 2.27 bits per heavy atom. The fourth-order valence-electron chi connectivity index (χ4n) is 1.18. The van der Waals surface area contributed by atoms with Gasteiger partial charge in [-0.3, -0.25) is 4.90 Å². The van der Waals surface area contributed by atoms with E-state index in [1.165, 1.54) is 0 Å². The maximum absolute atomic E-state index is 8.75. The number of hydrogen-bond donors (Lipinski definition) is 1. The molecule has 0 spiro atoms. The van der Waals surface area contributed by atoms with Crippen LogP contribution in [0.15, 0.2) is 12.7 Å². The third-order valence-electron chi connectivity index (χ3n) is 1.89. The van der Waals surface area contributed by atoms with Gasteiger partial charge in [-0.1, -0.05) is 6.08 Å². The van der Waals surface area contributed by atoms with Crippen LogP contribution >= 0.6 is 0 Å². The van der Waals surface area contributed by atoms with Crippen molar-refractivity contribution >= 4 is 0 Å². The van der Waals surface area contributed by atoms with Gasteiger partial charge in [-0.2, -0.15) is 0 Å². The van der Waals surface area contributed by atoms with Gasteiger partial charge in [-0.05, 0) is 20.8 Å². The van der Waals surface area contributed by atoms with Crippen molar-refractivity contribution in [2.24, 2.45) is 0 Å². The van der Waals surface area contributed by atoms with Gasteiger partial charge in [0, 0.05) is 18.6 Å². The summed E-state index contributed by atoms with van der Waals surface area (Å²) >= 11 is 0. The Balaban J connectivity index is 3.97. The standard InChI is InChI=1S/C9H19NO/c1-5-9(4)10(6-7-11)8(2)3/h5,8-9,11H,1,6-7H2,2-4H3. The molecule has 0 heterocycles. The third-order valence-corrected chi connectivity index (χ3v) is 1.89. The molecule has 1 N–H and O–H groups in total. The number of aliphatic hydroxyl groups is 1. The van der Waals surface area contributed by atoms with Crippen LogP contribution in [-0.4, -0.2) is 35.2 Å². The minimum atomic E-state index is 0.219. The summed E-state index contributed by atoms with van der Waals surface area (Å²) in [7, 11) is 0. The molecule has 0 fully saturated rings. The number of rotatable bonds is 5. The van der Waals surface area contributed by atoms with Crippen LogP contribution in [0.4, 0.5) is 0 Å². The molecule has 0 aliphatic heterocycles. The quantitative estimate of drug-likeness (QED) is 0.607. The molecule has 0 bridgehead atoms. The lowest BCUT2D eigenvalue weighted by Gasteiger charge is -2.29. The third kappa shape index (κ3) is 3.54. The van der Waals surface area contributed by atoms with Crippen molar-refractivity contribution in [3.05, 3.63) is 12.7 Å². The second kappa shape index (κ2) is 5.33. The number of hydrogen-bond acceptors (Lipinski definition) is 2. The molecule has 0 aromatic carbocycles. The maximum Gasteiger partial charge on any atom is 0.0558 e. The molecular formula is C9H19NO. The molecule has 1 atom stereocenters. The fraction of sp³-hybridized carbons (Fsp3) is 0.778. The van der Waals surface area contributed by atoms with Gasteiger partial charge in [0.2, 0.25) is 0 Å². The van der Waals surface area contributed by atoms with E-state index in [-0.39, 0.29) is 6.61 Å². The highest BCUT2D eigenvalue weighted by atomic mass is 16.3. The molecule has 0 aliphatic rings. The Kier molecular flexibility index (Phi) is 5.16. The van der Waals surface area contributed by atoms with Crippen LogP contribution in [-0.2, 0) is 0 Å². The molecule has 0 saturated carbocycles. The molecule has 0 aliphatic carbocycles. The summed E-state index contributed by atoms with van der Waals surface area (Å²) in [6.45, 7) is 11.0. The molecule has 0 aromatic heterocycles. The van der Waals surface area contributed by atoms with E-state index in [0.717, 1.165) is 6.54 Å². The predicted octanol–water partition coefficient (Wildman–Crippen LogP) is 1.26. The monoisotopic (exact) mass is 157 g/mol. The van der Waals surface area contributed by atoms with Crippen molar-refractivity contribution in [2.75, 3.05) is 13.2 Å². The average Bonchev–Trinajstić information content (AvgIpc) is 1.98. The van der Waals surface area contributed by atoms with Crippen molar-refractivity contribution in [3.63, 3.8) is 0 Å². The smallest absolute Gasteiger partial charge is 0.0558 e.